The summed E-state index contributed by atoms with van der Waals surface area (Å²) in [6, 6.07) is 5.85. The number of esters is 1. The number of phenolic OH excluding ortho intramolecular Hbond substituents is 1. The third-order valence-corrected chi connectivity index (χ3v) is 5.23. The minimum absolute atomic E-state index is 0.206. The minimum atomic E-state index is -0.422. The van der Waals surface area contributed by atoms with Crippen molar-refractivity contribution in [2.75, 3.05) is 0 Å². The number of phenols is 1. The summed E-state index contributed by atoms with van der Waals surface area (Å²) in [6.07, 6.45) is 3.17. The molecule has 2 unspecified atom stereocenters. The highest BCUT2D eigenvalue weighted by molar-refractivity contribution is 6.00. The van der Waals surface area contributed by atoms with E-state index >= 15 is 0 Å². The number of aryl methyl sites for hydroxylation is 1. The fraction of sp³-hybridized carbons (Fsp3) is 0.286. The van der Waals surface area contributed by atoms with E-state index in [1.54, 1.807) is 6.92 Å². The number of benzene rings is 2. The van der Waals surface area contributed by atoms with Gasteiger partial charge in [-0.1, -0.05) is 35.9 Å². The molecule has 2 aliphatic rings. The molecule has 0 spiro atoms. The quantitative estimate of drug-likeness (QED) is 0.372. The van der Waals surface area contributed by atoms with Crippen molar-refractivity contribution in [1.82, 2.24) is 0 Å². The molecule has 122 valence electrons. The van der Waals surface area contributed by atoms with Crippen molar-refractivity contribution in [3.05, 3.63) is 58.7 Å². The van der Waals surface area contributed by atoms with Crippen molar-refractivity contribution in [1.29, 1.82) is 0 Å². The highest BCUT2D eigenvalue weighted by Gasteiger charge is 2.42. The van der Waals surface area contributed by atoms with Crippen molar-refractivity contribution in [3.63, 3.8) is 0 Å². The highest BCUT2D eigenvalue weighted by atomic mass is 16.5. The van der Waals surface area contributed by atoms with E-state index in [-0.39, 0.29) is 11.8 Å². The number of hydrogen-bond donors (Lipinski definition) is 1. The molecule has 0 saturated carbocycles. The standard InChI is InChI=1S/C21H20O3/c1-10(2)21(23)24-20-14-6-5-11(3)7-16(14)19(22)17-13-8-12(4)15(9-13)18(17)20/h5-8,13,15,22H,1,9H2,2-4H3. The van der Waals surface area contributed by atoms with Crippen LogP contribution in [0.3, 0.4) is 0 Å². The van der Waals surface area contributed by atoms with Gasteiger partial charge >= 0.3 is 5.97 Å². The minimum Gasteiger partial charge on any atom is -0.507 e. The van der Waals surface area contributed by atoms with Gasteiger partial charge in [0.2, 0.25) is 0 Å². The molecule has 0 saturated heterocycles. The Labute approximate surface area is 141 Å². The van der Waals surface area contributed by atoms with Gasteiger partial charge in [0, 0.05) is 39.3 Å². The number of fused-ring (bicyclic) bond motifs is 6. The van der Waals surface area contributed by atoms with E-state index in [0.717, 1.165) is 33.9 Å². The molecule has 2 aromatic carbocycles. The van der Waals surface area contributed by atoms with E-state index < -0.39 is 5.97 Å². The Morgan fingerprint density at radius 2 is 2.00 bits per heavy atom. The first-order valence-corrected chi connectivity index (χ1v) is 8.23. The van der Waals surface area contributed by atoms with E-state index in [0.29, 0.717) is 17.1 Å². The van der Waals surface area contributed by atoms with Crippen LogP contribution in [-0.2, 0) is 4.79 Å². The van der Waals surface area contributed by atoms with E-state index in [1.807, 2.05) is 25.1 Å². The Morgan fingerprint density at radius 1 is 1.25 bits per heavy atom. The number of ether oxygens (including phenoxy) is 1. The lowest BCUT2D eigenvalue weighted by Crippen LogP contribution is -2.12. The van der Waals surface area contributed by atoms with Gasteiger partial charge in [-0.25, -0.2) is 4.79 Å². The van der Waals surface area contributed by atoms with Crippen molar-refractivity contribution >= 4 is 16.7 Å². The number of carbonyl (C=O) groups excluding carboxylic acids is 1. The Morgan fingerprint density at radius 3 is 2.71 bits per heavy atom. The predicted molar refractivity (Wildman–Crippen MR) is 94.7 cm³/mol. The molecule has 3 heteroatoms. The van der Waals surface area contributed by atoms with Gasteiger partial charge in [-0.3, -0.25) is 0 Å². The van der Waals surface area contributed by atoms with Crippen LogP contribution >= 0.6 is 0 Å². The van der Waals surface area contributed by atoms with Gasteiger partial charge in [-0.05, 0) is 33.3 Å². The first kappa shape index (κ1) is 15.0. The molecule has 4 rings (SSSR count). The molecule has 2 bridgehead atoms. The van der Waals surface area contributed by atoms with Crippen LogP contribution in [0.25, 0.3) is 10.8 Å². The van der Waals surface area contributed by atoms with E-state index in [9.17, 15) is 9.90 Å². The van der Waals surface area contributed by atoms with Gasteiger partial charge in [-0.15, -0.1) is 0 Å². The molecule has 2 atom stereocenters. The fourth-order valence-corrected chi connectivity index (χ4v) is 4.09. The molecular weight excluding hydrogens is 300 g/mol. The van der Waals surface area contributed by atoms with Gasteiger partial charge in [0.1, 0.15) is 11.5 Å². The summed E-state index contributed by atoms with van der Waals surface area (Å²) in [4.78, 5) is 12.2. The molecular formula is C21H20O3. The second-order valence-corrected chi connectivity index (χ2v) is 7.03. The maximum Gasteiger partial charge on any atom is 0.338 e. The summed E-state index contributed by atoms with van der Waals surface area (Å²) in [5.74, 6) is 0.918. The van der Waals surface area contributed by atoms with E-state index in [4.69, 9.17) is 4.74 Å². The number of allylic oxidation sites excluding steroid dienone is 2. The van der Waals surface area contributed by atoms with Crippen molar-refractivity contribution in [3.8, 4) is 11.5 Å². The maximum atomic E-state index is 12.2. The average Bonchev–Trinajstić information content (AvgIpc) is 3.08. The summed E-state index contributed by atoms with van der Waals surface area (Å²) in [6.45, 7) is 9.42. The molecule has 1 N–H and O–H groups in total. The van der Waals surface area contributed by atoms with Crippen LogP contribution in [0.5, 0.6) is 11.5 Å². The molecule has 24 heavy (non-hydrogen) atoms. The Kier molecular flexibility index (Phi) is 3.11. The van der Waals surface area contributed by atoms with Crippen LogP contribution in [0, 0.1) is 6.92 Å². The van der Waals surface area contributed by atoms with Crippen molar-refractivity contribution in [2.24, 2.45) is 0 Å². The summed E-state index contributed by atoms with van der Waals surface area (Å²) in [5, 5.41) is 12.4. The van der Waals surface area contributed by atoms with Crippen LogP contribution in [-0.4, -0.2) is 11.1 Å². The van der Waals surface area contributed by atoms with Crippen molar-refractivity contribution in [2.45, 2.75) is 39.0 Å². The lowest BCUT2D eigenvalue weighted by Gasteiger charge is -2.22. The van der Waals surface area contributed by atoms with Gasteiger partial charge in [0.05, 0.1) is 0 Å². The van der Waals surface area contributed by atoms with Crippen LogP contribution in [0.2, 0.25) is 0 Å². The topological polar surface area (TPSA) is 46.5 Å². The molecule has 2 aromatic rings. The molecule has 0 amide bonds. The van der Waals surface area contributed by atoms with Gasteiger partial charge in [-0.2, -0.15) is 0 Å². The first-order chi connectivity index (χ1) is 11.4. The third-order valence-electron chi connectivity index (χ3n) is 5.23. The maximum absolute atomic E-state index is 12.2. The summed E-state index contributed by atoms with van der Waals surface area (Å²) >= 11 is 0. The van der Waals surface area contributed by atoms with Crippen molar-refractivity contribution < 1.29 is 14.6 Å². The SMILES string of the molecule is C=C(C)C(=O)Oc1c2c(c(O)c3cc(C)ccc13)C1C=C(C)C2C1. The molecule has 0 radical (unpaired) electrons. The zero-order valence-electron chi connectivity index (χ0n) is 14.1. The van der Waals surface area contributed by atoms with Crippen LogP contribution in [0.15, 0.2) is 42.0 Å². The van der Waals surface area contributed by atoms with Crippen LogP contribution < -0.4 is 4.74 Å². The lowest BCUT2D eigenvalue weighted by atomic mass is 9.87. The number of hydrogen-bond acceptors (Lipinski definition) is 3. The Balaban J connectivity index is 2.05. The lowest BCUT2D eigenvalue weighted by molar-refractivity contribution is -0.130. The average molecular weight is 320 g/mol. The number of rotatable bonds is 2. The van der Waals surface area contributed by atoms with Crippen LogP contribution in [0.1, 0.15) is 48.8 Å². The normalized spacial score (nSPS) is 20.9. The summed E-state index contributed by atoms with van der Waals surface area (Å²) in [7, 11) is 0. The number of carbonyl (C=O) groups is 1. The molecule has 0 aromatic heterocycles. The van der Waals surface area contributed by atoms with Gasteiger partial charge < -0.3 is 9.84 Å². The fourth-order valence-electron chi connectivity index (χ4n) is 4.09. The molecule has 0 fully saturated rings. The van der Waals surface area contributed by atoms with Gasteiger partial charge in [0.15, 0.2) is 0 Å². The first-order valence-electron chi connectivity index (χ1n) is 8.23. The summed E-state index contributed by atoms with van der Waals surface area (Å²) in [5.41, 5.74) is 4.61. The predicted octanol–water partition coefficient (Wildman–Crippen LogP) is 4.87. The molecule has 3 nitrogen and oxygen atoms in total. The van der Waals surface area contributed by atoms with Crippen LogP contribution in [0.4, 0.5) is 0 Å². The second kappa shape index (κ2) is 4.97. The molecule has 2 aliphatic carbocycles. The Hall–Kier alpha value is -2.55. The monoisotopic (exact) mass is 320 g/mol. The number of aromatic hydroxyl groups is 1. The summed E-state index contributed by atoms with van der Waals surface area (Å²) < 4.78 is 5.75. The van der Waals surface area contributed by atoms with Gasteiger partial charge in [0.25, 0.3) is 0 Å². The Bertz CT molecular complexity index is 949. The zero-order valence-corrected chi connectivity index (χ0v) is 14.1. The highest BCUT2D eigenvalue weighted by Crippen LogP contribution is 2.60. The smallest absolute Gasteiger partial charge is 0.338 e. The zero-order chi connectivity index (χ0) is 17.2. The van der Waals surface area contributed by atoms with E-state index in [1.165, 1.54) is 5.57 Å². The van der Waals surface area contributed by atoms with E-state index in [2.05, 4.69) is 19.6 Å². The molecule has 0 aliphatic heterocycles. The second-order valence-electron chi connectivity index (χ2n) is 7.03. The molecule has 0 heterocycles. The largest absolute Gasteiger partial charge is 0.507 e. The third kappa shape index (κ3) is 1.94.